The number of hydrogen-bond acceptors (Lipinski definition) is 6. The topological polar surface area (TPSA) is 82.8 Å². The predicted octanol–water partition coefficient (Wildman–Crippen LogP) is 4.40. The predicted molar refractivity (Wildman–Crippen MR) is 109 cm³/mol. The number of hydrogen-bond donors (Lipinski definition) is 1. The van der Waals surface area contributed by atoms with Crippen LogP contribution in [-0.2, 0) is 6.54 Å². The summed E-state index contributed by atoms with van der Waals surface area (Å²) in [4.78, 5) is 12.9. The van der Waals surface area contributed by atoms with E-state index in [0.717, 1.165) is 0 Å². The highest BCUT2D eigenvalue weighted by atomic mass is 35.5. The molecular weight excluding hydrogens is 415 g/mol. The number of carbonyl (C=O) groups is 1. The molecule has 1 aromatic heterocycles. The van der Waals surface area contributed by atoms with Gasteiger partial charge >= 0.3 is 0 Å². The van der Waals surface area contributed by atoms with Gasteiger partial charge in [-0.2, -0.15) is 0 Å². The maximum absolute atomic E-state index is 14.4. The van der Waals surface area contributed by atoms with Crippen molar-refractivity contribution in [2.24, 2.45) is 0 Å². The molecule has 1 amide bonds. The fourth-order valence-corrected chi connectivity index (χ4v) is 3.28. The maximum atomic E-state index is 14.4. The first-order valence-electron chi connectivity index (χ1n) is 8.89. The Kier molecular flexibility index (Phi) is 6.47. The Balaban J connectivity index is 1.91. The summed E-state index contributed by atoms with van der Waals surface area (Å²) in [5.74, 6) is 0.623. The monoisotopic (exact) mass is 434 g/mol. The van der Waals surface area contributed by atoms with Gasteiger partial charge in [-0.3, -0.25) is 4.79 Å². The molecule has 9 heteroatoms. The van der Waals surface area contributed by atoms with Crippen molar-refractivity contribution in [2.45, 2.75) is 13.5 Å². The van der Waals surface area contributed by atoms with E-state index in [4.69, 9.17) is 30.3 Å². The number of halogens is 2. The molecule has 0 bridgehead atoms. The molecule has 0 aliphatic rings. The number of nitrogens with zero attached hydrogens (tertiary/aromatic N) is 1. The van der Waals surface area contributed by atoms with E-state index in [1.165, 1.54) is 39.5 Å². The van der Waals surface area contributed by atoms with Crippen LogP contribution in [0.2, 0.25) is 5.02 Å². The lowest BCUT2D eigenvalue weighted by atomic mass is 10.0. The number of ether oxygens (including phenoxy) is 3. The summed E-state index contributed by atoms with van der Waals surface area (Å²) in [6, 6.07) is 7.58. The van der Waals surface area contributed by atoms with Crippen LogP contribution in [0.1, 0.15) is 21.7 Å². The molecular formula is C21H20ClFN2O5. The molecule has 0 spiro atoms. The van der Waals surface area contributed by atoms with E-state index in [1.54, 1.807) is 19.1 Å². The Bertz CT molecular complexity index is 1060. The van der Waals surface area contributed by atoms with Gasteiger partial charge in [-0.1, -0.05) is 22.8 Å². The number of carbonyl (C=O) groups excluding carboxylic acids is 1. The molecule has 158 valence electrons. The maximum Gasteiger partial charge on any atom is 0.257 e. The van der Waals surface area contributed by atoms with E-state index in [9.17, 15) is 9.18 Å². The minimum Gasteiger partial charge on any atom is -0.496 e. The highest BCUT2D eigenvalue weighted by Crippen LogP contribution is 2.35. The van der Waals surface area contributed by atoms with Crippen molar-refractivity contribution in [3.63, 3.8) is 0 Å². The van der Waals surface area contributed by atoms with E-state index in [-0.39, 0.29) is 34.1 Å². The quantitative estimate of drug-likeness (QED) is 0.593. The molecule has 0 fully saturated rings. The van der Waals surface area contributed by atoms with Crippen molar-refractivity contribution in [3.8, 4) is 28.5 Å². The Morgan fingerprint density at radius 1 is 1.13 bits per heavy atom. The molecule has 0 unspecified atom stereocenters. The molecule has 0 radical (unpaired) electrons. The molecule has 0 atom stereocenters. The van der Waals surface area contributed by atoms with Crippen LogP contribution in [0, 0.1) is 12.7 Å². The molecule has 0 aliphatic carbocycles. The average molecular weight is 435 g/mol. The number of methoxy groups -OCH3 is 3. The number of rotatable bonds is 7. The molecule has 3 aromatic rings. The van der Waals surface area contributed by atoms with E-state index in [2.05, 4.69) is 10.5 Å². The molecule has 0 aliphatic heterocycles. The fraction of sp³-hybridized carbons (Fsp3) is 0.238. The Labute approximate surface area is 177 Å². The smallest absolute Gasteiger partial charge is 0.257 e. The van der Waals surface area contributed by atoms with E-state index in [1.807, 2.05) is 0 Å². The van der Waals surface area contributed by atoms with Gasteiger partial charge in [-0.05, 0) is 25.1 Å². The van der Waals surface area contributed by atoms with Crippen LogP contribution in [0.15, 0.2) is 34.9 Å². The third-order valence-electron chi connectivity index (χ3n) is 4.52. The van der Waals surface area contributed by atoms with Crippen molar-refractivity contribution >= 4 is 17.5 Å². The van der Waals surface area contributed by atoms with Crippen LogP contribution in [0.3, 0.4) is 0 Å². The summed E-state index contributed by atoms with van der Waals surface area (Å²) in [5, 5.41) is 6.74. The Morgan fingerprint density at radius 2 is 1.80 bits per heavy atom. The Morgan fingerprint density at radius 3 is 2.43 bits per heavy atom. The normalized spacial score (nSPS) is 10.6. The minimum atomic E-state index is -0.605. The second-order valence-electron chi connectivity index (χ2n) is 6.26. The van der Waals surface area contributed by atoms with Gasteiger partial charge in [0.2, 0.25) is 0 Å². The first kappa shape index (κ1) is 21.4. The van der Waals surface area contributed by atoms with Crippen molar-refractivity contribution < 1.29 is 27.9 Å². The van der Waals surface area contributed by atoms with Crippen molar-refractivity contribution in [1.82, 2.24) is 10.5 Å². The third kappa shape index (κ3) is 4.04. The van der Waals surface area contributed by atoms with Gasteiger partial charge in [0.1, 0.15) is 28.6 Å². The van der Waals surface area contributed by atoms with Gasteiger partial charge < -0.3 is 24.1 Å². The van der Waals surface area contributed by atoms with Crippen molar-refractivity contribution in [2.75, 3.05) is 21.3 Å². The molecule has 30 heavy (non-hydrogen) atoms. The van der Waals surface area contributed by atoms with Crippen LogP contribution >= 0.6 is 11.6 Å². The minimum absolute atomic E-state index is 0.00450. The van der Waals surface area contributed by atoms with E-state index < -0.39 is 11.7 Å². The summed E-state index contributed by atoms with van der Waals surface area (Å²) in [5.41, 5.74) is 0.793. The molecule has 1 N–H and O–H groups in total. The summed E-state index contributed by atoms with van der Waals surface area (Å²) in [6.45, 7) is 1.68. The summed E-state index contributed by atoms with van der Waals surface area (Å²) in [7, 11) is 4.54. The van der Waals surface area contributed by atoms with Crippen molar-refractivity contribution in [1.29, 1.82) is 0 Å². The van der Waals surface area contributed by atoms with Crippen LogP contribution in [-0.4, -0.2) is 32.4 Å². The largest absolute Gasteiger partial charge is 0.496 e. The van der Waals surface area contributed by atoms with Gasteiger partial charge in [0, 0.05) is 18.2 Å². The van der Waals surface area contributed by atoms with Crippen LogP contribution < -0.4 is 19.5 Å². The second-order valence-corrected chi connectivity index (χ2v) is 6.67. The van der Waals surface area contributed by atoms with E-state index in [0.29, 0.717) is 22.8 Å². The zero-order valence-corrected chi connectivity index (χ0v) is 17.6. The zero-order chi connectivity index (χ0) is 21.8. The highest BCUT2D eigenvalue weighted by molar-refractivity contribution is 6.33. The first-order valence-corrected chi connectivity index (χ1v) is 9.26. The standard InChI is InChI=1S/C21H20ClFN2O5/c1-11-18(20(25-30-11)19-13(22)6-5-7-14(19)23)21(26)24-10-12-8-16(28-3)17(29-4)9-15(12)27-2/h5-9H,10H2,1-4H3,(H,24,26). The molecule has 7 nitrogen and oxygen atoms in total. The summed E-state index contributed by atoms with van der Waals surface area (Å²) >= 11 is 6.13. The fourth-order valence-electron chi connectivity index (χ4n) is 3.03. The lowest BCUT2D eigenvalue weighted by Crippen LogP contribution is -2.24. The number of benzene rings is 2. The van der Waals surface area contributed by atoms with Crippen LogP contribution in [0.5, 0.6) is 17.2 Å². The number of aromatic nitrogens is 1. The van der Waals surface area contributed by atoms with Gasteiger partial charge in [-0.25, -0.2) is 4.39 Å². The molecule has 3 rings (SSSR count). The van der Waals surface area contributed by atoms with E-state index >= 15 is 0 Å². The second kappa shape index (κ2) is 9.04. The zero-order valence-electron chi connectivity index (χ0n) is 16.8. The average Bonchev–Trinajstić information content (AvgIpc) is 3.12. The first-order chi connectivity index (χ1) is 14.4. The molecule has 0 saturated heterocycles. The lowest BCUT2D eigenvalue weighted by molar-refractivity contribution is 0.0949. The number of aryl methyl sites for hydroxylation is 1. The SMILES string of the molecule is COc1cc(OC)c(OC)cc1CNC(=O)c1c(-c2c(F)cccc2Cl)noc1C. The van der Waals surface area contributed by atoms with Gasteiger partial charge in [-0.15, -0.1) is 0 Å². The molecule has 0 saturated carbocycles. The van der Waals surface area contributed by atoms with Crippen molar-refractivity contribution in [3.05, 3.63) is 58.1 Å². The molecule has 2 aromatic carbocycles. The lowest BCUT2D eigenvalue weighted by Gasteiger charge is -2.14. The van der Waals surface area contributed by atoms with Crippen LogP contribution in [0.4, 0.5) is 4.39 Å². The number of amides is 1. The van der Waals surface area contributed by atoms with Crippen LogP contribution in [0.25, 0.3) is 11.3 Å². The van der Waals surface area contributed by atoms with Gasteiger partial charge in [0.05, 0.1) is 31.9 Å². The summed E-state index contributed by atoms with van der Waals surface area (Å²) < 4.78 is 35.4. The Hall–Kier alpha value is -3.26. The summed E-state index contributed by atoms with van der Waals surface area (Å²) in [6.07, 6.45) is 0. The third-order valence-corrected chi connectivity index (χ3v) is 4.83. The highest BCUT2D eigenvalue weighted by Gasteiger charge is 2.25. The molecule has 1 heterocycles. The van der Waals surface area contributed by atoms with Gasteiger partial charge in [0.25, 0.3) is 5.91 Å². The number of nitrogens with one attached hydrogen (secondary N) is 1. The van der Waals surface area contributed by atoms with Gasteiger partial charge in [0.15, 0.2) is 11.5 Å².